The molecule has 0 N–H and O–H groups in total. The Morgan fingerprint density at radius 2 is 1.65 bits per heavy atom. The number of alkyl halides is 3. The Bertz CT molecular complexity index is 1210. The van der Waals surface area contributed by atoms with Gasteiger partial charge in [-0.05, 0) is 25.1 Å². The van der Waals surface area contributed by atoms with Crippen molar-refractivity contribution in [3.05, 3.63) is 48.3 Å². The highest BCUT2D eigenvalue weighted by Gasteiger charge is 2.36. The monoisotopic (exact) mass is 515 g/mol. The van der Waals surface area contributed by atoms with Crippen LogP contribution in [-0.4, -0.2) is 79.0 Å². The second-order valence-electron chi connectivity index (χ2n) is 8.67. The van der Waals surface area contributed by atoms with Crippen LogP contribution >= 0.6 is 0 Å². The van der Waals surface area contributed by atoms with E-state index in [1.54, 1.807) is 11.1 Å². The molecule has 3 aromatic heterocycles. The molecule has 2 aliphatic rings. The highest BCUT2D eigenvalue weighted by Crippen LogP contribution is 2.36. The van der Waals surface area contributed by atoms with Gasteiger partial charge in [-0.1, -0.05) is 0 Å². The van der Waals surface area contributed by atoms with Gasteiger partial charge in [0, 0.05) is 69.4 Å². The van der Waals surface area contributed by atoms with Crippen molar-refractivity contribution in [2.45, 2.75) is 13.1 Å². The van der Waals surface area contributed by atoms with Crippen LogP contribution in [0.15, 0.2) is 42.7 Å². The molecule has 37 heavy (non-hydrogen) atoms. The zero-order chi connectivity index (χ0) is 25.8. The Balaban J connectivity index is 1.42. The van der Waals surface area contributed by atoms with Crippen molar-refractivity contribution >= 4 is 17.6 Å². The van der Waals surface area contributed by atoms with E-state index in [0.717, 1.165) is 23.1 Å². The van der Waals surface area contributed by atoms with Gasteiger partial charge in [-0.15, -0.1) is 0 Å². The van der Waals surface area contributed by atoms with Crippen molar-refractivity contribution in [1.82, 2.24) is 19.9 Å². The molecule has 2 saturated heterocycles. The molecule has 5 rings (SSSR count). The lowest BCUT2D eigenvalue weighted by atomic mass is 10.1. The van der Waals surface area contributed by atoms with Crippen molar-refractivity contribution < 1.29 is 22.6 Å². The first-order chi connectivity index (χ1) is 17.9. The van der Waals surface area contributed by atoms with E-state index in [-0.39, 0.29) is 5.82 Å². The number of hydrogen-bond donors (Lipinski definition) is 0. The van der Waals surface area contributed by atoms with Gasteiger partial charge in [0.15, 0.2) is 0 Å². The van der Waals surface area contributed by atoms with Crippen LogP contribution in [0.3, 0.4) is 0 Å². The zero-order valence-corrected chi connectivity index (χ0v) is 20.5. The van der Waals surface area contributed by atoms with Gasteiger partial charge in [0.05, 0.1) is 31.1 Å². The maximum atomic E-state index is 13.5. The average molecular weight is 516 g/mol. The number of piperazine rings is 1. The normalized spacial score (nSPS) is 16.7. The van der Waals surface area contributed by atoms with Gasteiger partial charge in [0.2, 0.25) is 11.8 Å². The Labute approximate surface area is 212 Å². The topological polar surface area (TPSA) is 79.7 Å². The third-order valence-electron chi connectivity index (χ3n) is 6.31. The first-order valence-electron chi connectivity index (χ1n) is 12.3. The Kier molecular flexibility index (Phi) is 7.26. The second-order valence-corrected chi connectivity index (χ2v) is 8.67. The summed E-state index contributed by atoms with van der Waals surface area (Å²) in [5.74, 6) is 1.79. The molecule has 0 radical (unpaired) electrons. The third kappa shape index (κ3) is 5.68. The maximum Gasteiger partial charge on any atom is 0.419 e. The van der Waals surface area contributed by atoms with E-state index in [1.165, 1.54) is 12.3 Å². The van der Waals surface area contributed by atoms with E-state index >= 15 is 0 Å². The molecule has 0 aromatic carbocycles. The van der Waals surface area contributed by atoms with Crippen molar-refractivity contribution in [3.8, 4) is 17.1 Å². The molecule has 0 saturated carbocycles. The van der Waals surface area contributed by atoms with Gasteiger partial charge < -0.3 is 24.2 Å². The lowest BCUT2D eigenvalue weighted by Gasteiger charge is -2.37. The van der Waals surface area contributed by atoms with Crippen LogP contribution in [0.5, 0.6) is 5.88 Å². The van der Waals surface area contributed by atoms with Gasteiger partial charge in [-0.2, -0.15) is 18.2 Å². The van der Waals surface area contributed by atoms with E-state index in [2.05, 4.69) is 19.8 Å². The lowest BCUT2D eigenvalue weighted by Crippen LogP contribution is -2.48. The number of hydrogen-bond acceptors (Lipinski definition) is 9. The summed E-state index contributed by atoms with van der Waals surface area (Å²) in [5, 5.41) is 0. The molecule has 5 heterocycles. The summed E-state index contributed by atoms with van der Waals surface area (Å²) in [6, 6.07) is 8.01. The number of nitrogens with zero attached hydrogens (tertiary/aromatic N) is 7. The van der Waals surface area contributed by atoms with Crippen LogP contribution in [-0.2, 0) is 10.9 Å². The zero-order valence-electron chi connectivity index (χ0n) is 20.5. The molecule has 0 aliphatic carbocycles. The number of rotatable bonds is 6. The summed E-state index contributed by atoms with van der Waals surface area (Å²) in [5.41, 5.74) is 0.852. The number of ether oxygens (including phenoxy) is 2. The SMILES string of the molecule is CCOc1cc(-c2cc(N3CCN(c4ncccc4C(F)(F)F)CC3)nc(N3CCOCC3)n2)ccn1. The fourth-order valence-corrected chi connectivity index (χ4v) is 4.45. The summed E-state index contributed by atoms with van der Waals surface area (Å²) in [6.07, 6.45) is -1.38. The minimum Gasteiger partial charge on any atom is -0.478 e. The highest BCUT2D eigenvalue weighted by molar-refractivity contribution is 5.66. The van der Waals surface area contributed by atoms with Gasteiger partial charge in [-0.3, -0.25) is 0 Å². The molecule has 9 nitrogen and oxygen atoms in total. The number of aromatic nitrogens is 4. The van der Waals surface area contributed by atoms with Crippen molar-refractivity contribution in [1.29, 1.82) is 0 Å². The minimum absolute atomic E-state index is 0.0349. The van der Waals surface area contributed by atoms with Crippen LogP contribution < -0.4 is 19.4 Å². The molecule has 0 bridgehead atoms. The molecule has 0 unspecified atom stereocenters. The predicted molar refractivity (Wildman–Crippen MR) is 133 cm³/mol. The van der Waals surface area contributed by atoms with Crippen LogP contribution in [0.25, 0.3) is 11.3 Å². The number of halogens is 3. The standard InChI is InChI=1S/C25H28F3N7O2/c1-2-37-22-16-18(5-7-29-22)20-17-21(32-24(31-20)35-12-14-36-15-13-35)33-8-10-34(11-9-33)23-19(25(26,27)28)4-3-6-30-23/h3-7,16-17H,2,8-15H2,1H3. The van der Waals surface area contributed by atoms with E-state index in [9.17, 15) is 13.2 Å². The van der Waals surface area contributed by atoms with Crippen molar-refractivity contribution in [3.63, 3.8) is 0 Å². The molecule has 2 aliphatic heterocycles. The number of anilines is 3. The van der Waals surface area contributed by atoms with E-state index in [0.29, 0.717) is 70.9 Å². The summed E-state index contributed by atoms with van der Waals surface area (Å²) in [4.78, 5) is 23.8. The summed E-state index contributed by atoms with van der Waals surface area (Å²) >= 11 is 0. The Morgan fingerprint density at radius 3 is 2.38 bits per heavy atom. The molecular weight excluding hydrogens is 487 g/mol. The highest BCUT2D eigenvalue weighted by atomic mass is 19.4. The van der Waals surface area contributed by atoms with Crippen molar-refractivity contribution in [2.75, 3.05) is 73.8 Å². The van der Waals surface area contributed by atoms with Crippen molar-refractivity contribution in [2.24, 2.45) is 0 Å². The number of pyridine rings is 2. The van der Waals surface area contributed by atoms with Gasteiger partial charge in [0.1, 0.15) is 11.6 Å². The lowest BCUT2D eigenvalue weighted by molar-refractivity contribution is -0.137. The molecule has 0 amide bonds. The first-order valence-corrected chi connectivity index (χ1v) is 12.3. The molecule has 0 atom stereocenters. The summed E-state index contributed by atoms with van der Waals surface area (Å²) < 4.78 is 51.6. The third-order valence-corrected chi connectivity index (χ3v) is 6.31. The van der Waals surface area contributed by atoms with Crippen LogP contribution in [0.1, 0.15) is 12.5 Å². The van der Waals surface area contributed by atoms with Gasteiger partial charge >= 0.3 is 6.18 Å². The summed E-state index contributed by atoms with van der Waals surface area (Å²) in [7, 11) is 0. The molecule has 196 valence electrons. The Hall–Kier alpha value is -3.67. The number of morpholine rings is 1. The van der Waals surface area contributed by atoms with Crippen LogP contribution in [0.2, 0.25) is 0 Å². The molecule has 3 aromatic rings. The molecule has 12 heteroatoms. The maximum absolute atomic E-state index is 13.5. The Morgan fingerprint density at radius 1 is 0.892 bits per heavy atom. The largest absolute Gasteiger partial charge is 0.478 e. The quantitative estimate of drug-likeness (QED) is 0.490. The average Bonchev–Trinajstić information content (AvgIpc) is 2.93. The van der Waals surface area contributed by atoms with Crippen LogP contribution in [0.4, 0.5) is 30.8 Å². The minimum atomic E-state index is -4.46. The molecular formula is C25H28F3N7O2. The van der Waals surface area contributed by atoms with Gasteiger partial charge in [0.25, 0.3) is 0 Å². The van der Waals surface area contributed by atoms with Gasteiger partial charge in [-0.25, -0.2) is 15.0 Å². The summed E-state index contributed by atoms with van der Waals surface area (Å²) in [6.45, 7) is 6.70. The van der Waals surface area contributed by atoms with E-state index < -0.39 is 11.7 Å². The predicted octanol–water partition coefficient (Wildman–Crippen LogP) is 3.51. The van der Waals surface area contributed by atoms with E-state index in [4.69, 9.17) is 19.4 Å². The molecule has 0 spiro atoms. The smallest absolute Gasteiger partial charge is 0.419 e. The fraction of sp³-hybridized carbons (Fsp3) is 0.440. The van der Waals surface area contributed by atoms with E-state index in [1.807, 2.05) is 25.1 Å². The fourth-order valence-electron chi connectivity index (χ4n) is 4.45. The van der Waals surface area contributed by atoms with Crippen LogP contribution in [0, 0.1) is 0 Å². The first kappa shape index (κ1) is 25.0. The molecule has 2 fully saturated rings. The second kappa shape index (κ2) is 10.8.